The number of likely N-dealkylation sites (N-methyl/N-ethyl adjacent to an activating group) is 1. The molecule has 1 N–H and O–H groups in total. The Labute approximate surface area is 128 Å². The third-order valence-electron chi connectivity index (χ3n) is 3.76. The maximum Gasteiger partial charge on any atom is 0.0604 e. The molecule has 0 aliphatic carbocycles. The minimum atomic E-state index is 0.200. The van der Waals surface area contributed by atoms with Gasteiger partial charge in [0.15, 0.2) is 0 Å². The minimum absolute atomic E-state index is 0.200. The van der Waals surface area contributed by atoms with Crippen LogP contribution in [0, 0.1) is 6.92 Å². The van der Waals surface area contributed by atoms with Crippen molar-refractivity contribution in [3.8, 4) is 0 Å². The van der Waals surface area contributed by atoms with Crippen LogP contribution in [0.1, 0.15) is 50.4 Å². The zero-order valence-electron chi connectivity index (χ0n) is 13.9. The second-order valence-corrected chi connectivity index (χ2v) is 6.72. The number of benzene rings is 1. The highest BCUT2D eigenvalue weighted by atomic mass is 15.3. The normalized spacial score (nSPS) is 13.4. The summed E-state index contributed by atoms with van der Waals surface area (Å²) in [5.41, 5.74) is 4.09. The number of hydrogen-bond acceptors (Lipinski definition) is 2. The molecule has 1 heterocycles. The molecule has 0 radical (unpaired) electrons. The maximum absolute atomic E-state index is 4.40. The predicted octanol–water partition coefficient (Wildman–Crippen LogP) is 3.84. The Balaban J connectivity index is 2.17. The number of nitrogens with zero attached hydrogens (tertiary/aromatic N) is 2. The minimum Gasteiger partial charge on any atom is -0.309 e. The molecule has 0 bridgehead atoms. The highest BCUT2D eigenvalue weighted by Gasteiger charge is 2.16. The van der Waals surface area contributed by atoms with Crippen LogP contribution in [-0.2, 0) is 12.0 Å². The Morgan fingerprint density at radius 3 is 2.33 bits per heavy atom. The summed E-state index contributed by atoms with van der Waals surface area (Å²) in [6, 6.07) is 9.26. The van der Waals surface area contributed by atoms with E-state index in [0.29, 0.717) is 6.04 Å². The fraction of sp³-hybridized carbons (Fsp3) is 0.500. The van der Waals surface area contributed by atoms with Crippen LogP contribution >= 0.6 is 0 Å². The van der Waals surface area contributed by atoms with Crippen molar-refractivity contribution in [2.75, 3.05) is 6.54 Å². The lowest BCUT2D eigenvalue weighted by Crippen LogP contribution is -2.25. The number of rotatable bonds is 5. The van der Waals surface area contributed by atoms with Crippen LogP contribution in [-0.4, -0.2) is 16.3 Å². The number of aromatic nitrogens is 2. The summed E-state index contributed by atoms with van der Waals surface area (Å²) in [5, 5.41) is 7.95. The Bertz CT molecular complexity index is 561. The second kappa shape index (κ2) is 6.44. The molecule has 3 heteroatoms. The van der Waals surface area contributed by atoms with Crippen molar-refractivity contribution in [1.82, 2.24) is 15.1 Å². The molecule has 0 saturated carbocycles. The van der Waals surface area contributed by atoms with Crippen LogP contribution in [0.4, 0.5) is 0 Å². The third-order valence-corrected chi connectivity index (χ3v) is 3.76. The SMILES string of the molecule is CCNC(Cn1cc(C)cn1)c1ccc(C(C)(C)C)cc1. The van der Waals surface area contributed by atoms with E-state index in [-0.39, 0.29) is 5.41 Å². The first-order chi connectivity index (χ1) is 9.90. The van der Waals surface area contributed by atoms with Crippen LogP contribution in [0.2, 0.25) is 0 Å². The van der Waals surface area contributed by atoms with Crippen molar-refractivity contribution in [2.45, 2.75) is 52.6 Å². The first-order valence-corrected chi connectivity index (χ1v) is 7.73. The molecule has 0 amide bonds. The van der Waals surface area contributed by atoms with Crippen molar-refractivity contribution in [1.29, 1.82) is 0 Å². The molecule has 0 saturated heterocycles. The van der Waals surface area contributed by atoms with Crippen LogP contribution in [0.25, 0.3) is 0 Å². The lowest BCUT2D eigenvalue weighted by molar-refractivity contribution is 0.447. The van der Waals surface area contributed by atoms with Gasteiger partial charge in [-0.1, -0.05) is 52.0 Å². The van der Waals surface area contributed by atoms with Gasteiger partial charge in [0.1, 0.15) is 0 Å². The molecule has 21 heavy (non-hydrogen) atoms. The molecule has 2 aromatic rings. The van der Waals surface area contributed by atoms with E-state index in [1.54, 1.807) is 0 Å². The predicted molar refractivity (Wildman–Crippen MR) is 88.5 cm³/mol. The van der Waals surface area contributed by atoms with Gasteiger partial charge in [-0.25, -0.2) is 0 Å². The van der Waals surface area contributed by atoms with Gasteiger partial charge in [-0.15, -0.1) is 0 Å². The Hall–Kier alpha value is -1.61. The third kappa shape index (κ3) is 4.18. The summed E-state index contributed by atoms with van der Waals surface area (Å²) in [4.78, 5) is 0. The molecule has 0 aliphatic rings. The molecule has 1 aromatic carbocycles. The Morgan fingerprint density at radius 2 is 1.86 bits per heavy atom. The average Bonchev–Trinajstić information content (AvgIpc) is 2.83. The van der Waals surface area contributed by atoms with Gasteiger partial charge in [-0.3, -0.25) is 4.68 Å². The van der Waals surface area contributed by atoms with Crippen molar-refractivity contribution in [2.24, 2.45) is 0 Å². The van der Waals surface area contributed by atoms with Crippen molar-refractivity contribution < 1.29 is 0 Å². The number of hydrogen-bond donors (Lipinski definition) is 1. The maximum atomic E-state index is 4.40. The smallest absolute Gasteiger partial charge is 0.0604 e. The molecule has 114 valence electrons. The largest absolute Gasteiger partial charge is 0.309 e. The molecule has 3 nitrogen and oxygen atoms in total. The molecule has 2 rings (SSSR count). The van der Waals surface area contributed by atoms with Crippen LogP contribution < -0.4 is 5.32 Å². The monoisotopic (exact) mass is 285 g/mol. The molecule has 0 spiro atoms. The average molecular weight is 285 g/mol. The summed E-state index contributed by atoms with van der Waals surface area (Å²) in [7, 11) is 0. The van der Waals surface area contributed by atoms with E-state index in [0.717, 1.165) is 13.1 Å². The fourth-order valence-corrected chi connectivity index (χ4v) is 2.50. The number of nitrogens with one attached hydrogen (secondary N) is 1. The molecular formula is C18H27N3. The van der Waals surface area contributed by atoms with Gasteiger partial charge in [0.25, 0.3) is 0 Å². The topological polar surface area (TPSA) is 29.9 Å². The van der Waals surface area contributed by atoms with Crippen LogP contribution in [0.15, 0.2) is 36.7 Å². The lowest BCUT2D eigenvalue weighted by Gasteiger charge is -2.22. The van der Waals surface area contributed by atoms with Crippen molar-refractivity contribution >= 4 is 0 Å². The van der Waals surface area contributed by atoms with Crippen molar-refractivity contribution in [3.63, 3.8) is 0 Å². The molecule has 1 atom stereocenters. The standard InChI is InChI=1S/C18H27N3/c1-6-19-17(13-21-12-14(2)11-20-21)15-7-9-16(10-8-15)18(3,4)5/h7-12,17,19H,6,13H2,1-5H3. The molecule has 1 unspecified atom stereocenters. The molecule has 0 aliphatic heterocycles. The highest BCUT2D eigenvalue weighted by Crippen LogP contribution is 2.24. The second-order valence-electron chi connectivity index (χ2n) is 6.72. The highest BCUT2D eigenvalue weighted by molar-refractivity contribution is 5.29. The zero-order chi connectivity index (χ0) is 15.5. The van der Waals surface area contributed by atoms with Gasteiger partial charge in [0, 0.05) is 6.20 Å². The fourth-order valence-electron chi connectivity index (χ4n) is 2.50. The summed E-state index contributed by atoms with van der Waals surface area (Å²) in [5.74, 6) is 0. The van der Waals surface area contributed by atoms with Gasteiger partial charge in [-0.2, -0.15) is 5.10 Å². The van der Waals surface area contributed by atoms with Gasteiger partial charge >= 0.3 is 0 Å². The summed E-state index contributed by atoms with van der Waals surface area (Å²) in [6.07, 6.45) is 4.00. The molecule has 1 aromatic heterocycles. The van der Waals surface area contributed by atoms with E-state index in [1.807, 2.05) is 10.9 Å². The molecular weight excluding hydrogens is 258 g/mol. The van der Waals surface area contributed by atoms with Gasteiger partial charge in [0.05, 0.1) is 18.8 Å². The summed E-state index contributed by atoms with van der Waals surface area (Å²) >= 11 is 0. The summed E-state index contributed by atoms with van der Waals surface area (Å²) < 4.78 is 2.01. The van der Waals surface area contributed by atoms with Gasteiger partial charge < -0.3 is 5.32 Å². The zero-order valence-corrected chi connectivity index (χ0v) is 13.9. The van der Waals surface area contributed by atoms with Crippen LogP contribution in [0.5, 0.6) is 0 Å². The van der Waals surface area contributed by atoms with Crippen LogP contribution in [0.3, 0.4) is 0 Å². The Kier molecular flexibility index (Phi) is 4.84. The quantitative estimate of drug-likeness (QED) is 0.904. The Morgan fingerprint density at radius 1 is 1.19 bits per heavy atom. The first kappa shape index (κ1) is 15.8. The van der Waals surface area contributed by atoms with Gasteiger partial charge in [0.2, 0.25) is 0 Å². The first-order valence-electron chi connectivity index (χ1n) is 7.73. The van der Waals surface area contributed by atoms with E-state index in [4.69, 9.17) is 0 Å². The van der Waals surface area contributed by atoms with E-state index < -0.39 is 0 Å². The summed E-state index contributed by atoms with van der Waals surface area (Å²) in [6.45, 7) is 12.8. The van der Waals surface area contributed by atoms with E-state index in [9.17, 15) is 0 Å². The lowest BCUT2D eigenvalue weighted by atomic mass is 9.86. The molecule has 0 fully saturated rings. The van der Waals surface area contributed by atoms with E-state index in [2.05, 4.69) is 75.5 Å². The van der Waals surface area contributed by atoms with Crippen molar-refractivity contribution in [3.05, 3.63) is 53.3 Å². The number of aryl methyl sites for hydroxylation is 1. The van der Waals surface area contributed by atoms with E-state index in [1.165, 1.54) is 16.7 Å². The van der Waals surface area contributed by atoms with Gasteiger partial charge in [-0.05, 0) is 35.6 Å². The van der Waals surface area contributed by atoms with E-state index >= 15 is 0 Å².